The normalized spacial score (nSPS) is 14.3. The molecule has 0 N–H and O–H groups in total. The van der Waals surface area contributed by atoms with E-state index in [1.54, 1.807) is 6.20 Å². The fourth-order valence-corrected chi connectivity index (χ4v) is 3.18. The molecule has 21 heavy (non-hydrogen) atoms. The maximum absolute atomic E-state index is 6.35. The molecular formula is C16H15ClIN3. The first-order chi connectivity index (χ1) is 10.1. The molecule has 2 unspecified atom stereocenters. The third kappa shape index (κ3) is 2.79. The first-order valence-electron chi connectivity index (χ1n) is 6.79. The molecule has 0 aliphatic heterocycles. The molecule has 0 saturated heterocycles. The van der Waals surface area contributed by atoms with Crippen LogP contribution in [0.15, 0.2) is 42.7 Å². The number of hydrogen-bond donors (Lipinski definition) is 0. The highest BCUT2D eigenvalue weighted by Gasteiger charge is 2.20. The highest BCUT2D eigenvalue weighted by atomic mass is 127. The van der Waals surface area contributed by atoms with E-state index < -0.39 is 0 Å². The topological polar surface area (TPSA) is 30.7 Å². The van der Waals surface area contributed by atoms with Crippen LogP contribution in [0, 0.1) is 3.57 Å². The number of rotatable bonds is 3. The second-order valence-electron chi connectivity index (χ2n) is 5.05. The summed E-state index contributed by atoms with van der Waals surface area (Å²) in [4.78, 5) is 8.94. The Morgan fingerprint density at radius 2 is 2.05 bits per heavy atom. The summed E-state index contributed by atoms with van der Waals surface area (Å²) in [6, 6.07) is 10.5. The molecule has 1 aromatic carbocycles. The van der Waals surface area contributed by atoms with E-state index >= 15 is 0 Å². The van der Waals surface area contributed by atoms with E-state index in [4.69, 9.17) is 16.6 Å². The Morgan fingerprint density at radius 1 is 1.24 bits per heavy atom. The van der Waals surface area contributed by atoms with E-state index in [-0.39, 0.29) is 11.4 Å². The van der Waals surface area contributed by atoms with Gasteiger partial charge in [0, 0.05) is 16.0 Å². The second-order valence-corrected chi connectivity index (χ2v) is 6.95. The fraction of sp³-hybridized carbons (Fsp3) is 0.250. The first kappa shape index (κ1) is 14.8. The Hall–Kier alpha value is -1.14. The van der Waals surface area contributed by atoms with Gasteiger partial charge in [0.1, 0.15) is 5.82 Å². The highest BCUT2D eigenvalue weighted by molar-refractivity contribution is 14.1. The number of nitrogens with zero attached hydrogens (tertiary/aromatic N) is 3. The van der Waals surface area contributed by atoms with E-state index in [1.165, 1.54) is 3.57 Å². The number of fused-ring (bicyclic) bond motifs is 1. The molecule has 108 valence electrons. The zero-order chi connectivity index (χ0) is 15.0. The van der Waals surface area contributed by atoms with Gasteiger partial charge in [0.05, 0.1) is 22.5 Å². The van der Waals surface area contributed by atoms with Crippen LogP contribution in [0.4, 0.5) is 0 Å². The van der Waals surface area contributed by atoms with Gasteiger partial charge in [-0.25, -0.2) is 4.98 Å². The van der Waals surface area contributed by atoms with Gasteiger partial charge in [0.25, 0.3) is 0 Å². The predicted octanol–water partition coefficient (Wildman–Crippen LogP) is 4.95. The van der Waals surface area contributed by atoms with E-state index in [2.05, 4.69) is 63.3 Å². The van der Waals surface area contributed by atoms with E-state index in [0.29, 0.717) is 0 Å². The van der Waals surface area contributed by atoms with Crippen molar-refractivity contribution in [2.75, 3.05) is 0 Å². The number of aromatic nitrogens is 3. The number of imidazole rings is 1. The zero-order valence-electron chi connectivity index (χ0n) is 11.8. The van der Waals surface area contributed by atoms with Crippen molar-refractivity contribution in [1.29, 1.82) is 0 Å². The molecule has 3 rings (SSSR count). The average Bonchev–Trinajstić information content (AvgIpc) is 2.86. The third-order valence-corrected chi connectivity index (χ3v) is 4.45. The summed E-state index contributed by atoms with van der Waals surface area (Å²) in [6.07, 6.45) is 3.68. The van der Waals surface area contributed by atoms with Crippen LogP contribution in [-0.2, 0) is 0 Å². The summed E-state index contributed by atoms with van der Waals surface area (Å²) in [5.41, 5.74) is 3.24. The summed E-state index contributed by atoms with van der Waals surface area (Å²) < 4.78 is 3.38. The quantitative estimate of drug-likeness (QED) is 0.451. The molecule has 2 atom stereocenters. The molecule has 0 radical (unpaired) electrons. The maximum Gasteiger partial charge on any atom is 0.128 e. The van der Waals surface area contributed by atoms with Crippen molar-refractivity contribution < 1.29 is 0 Å². The molecule has 2 aromatic heterocycles. The summed E-state index contributed by atoms with van der Waals surface area (Å²) in [6.45, 7) is 4.11. The van der Waals surface area contributed by atoms with Crippen molar-refractivity contribution in [3.05, 3.63) is 57.7 Å². The Labute approximate surface area is 142 Å². The number of benzene rings is 1. The lowest BCUT2D eigenvalue weighted by molar-refractivity contribution is 0.616. The molecule has 0 saturated carbocycles. The van der Waals surface area contributed by atoms with E-state index in [1.807, 2.05) is 19.2 Å². The minimum Gasteiger partial charge on any atom is -0.319 e. The van der Waals surface area contributed by atoms with E-state index in [9.17, 15) is 0 Å². The standard InChI is InChI=1S/C16H15ClIN3/c1-10(17)16-20-14-8-13(18)5-6-15(14)21(16)11(2)12-4-3-7-19-9-12/h3-11H,1-2H3. The van der Waals surface area contributed by atoms with Gasteiger partial charge in [-0.15, -0.1) is 11.6 Å². The number of alkyl halides is 1. The lowest BCUT2D eigenvalue weighted by atomic mass is 10.1. The van der Waals surface area contributed by atoms with Gasteiger partial charge in [-0.3, -0.25) is 4.98 Å². The number of hydrogen-bond acceptors (Lipinski definition) is 2. The van der Waals surface area contributed by atoms with Crippen molar-refractivity contribution in [1.82, 2.24) is 14.5 Å². The maximum atomic E-state index is 6.35. The second kappa shape index (κ2) is 5.93. The minimum absolute atomic E-state index is 0.139. The summed E-state index contributed by atoms with van der Waals surface area (Å²) in [5.74, 6) is 0.894. The Kier molecular flexibility index (Phi) is 4.17. The monoisotopic (exact) mass is 411 g/mol. The number of halogens is 2. The molecule has 0 bridgehead atoms. The molecule has 3 aromatic rings. The Morgan fingerprint density at radius 3 is 2.71 bits per heavy atom. The van der Waals surface area contributed by atoms with Gasteiger partial charge in [0.15, 0.2) is 0 Å². The number of pyridine rings is 1. The summed E-state index contributed by atoms with van der Waals surface area (Å²) in [7, 11) is 0. The molecule has 0 aliphatic rings. The molecule has 0 aliphatic carbocycles. The molecule has 2 heterocycles. The molecule has 0 fully saturated rings. The van der Waals surface area contributed by atoms with Gasteiger partial charge in [-0.2, -0.15) is 0 Å². The fourth-order valence-electron chi connectivity index (χ4n) is 2.55. The van der Waals surface area contributed by atoms with Crippen LogP contribution in [0.2, 0.25) is 0 Å². The third-order valence-electron chi connectivity index (χ3n) is 3.59. The minimum atomic E-state index is -0.144. The highest BCUT2D eigenvalue weighted by Crippen LogP contribution is 2.31. The largest absolute Gasteiger partial charge is 0.319 e. The van der Waals surface area contributed by atoms with Gasteiger partial charge in [-0.05, 0) is 66.3 Å². The molecule has 0 amide bonds. The zero-order valence-corrected chi connectivity index (χ0v) is 14.7. The molecular weight excluding hydrogens is 397 g/mol. The Bertz CT molecular complexity index is 768. The molecule has 5 heteroatoms. The van der Waals surface area contributed by atoms with Crippen LogP contribution in [0.1, 0.15) is 36.7 Å². The van der Waals surface area contributed by atoms with E-state index in [0.717, 1.165) is 22.4 Å². The van der Waals surface area contributed by atoms with Crippen molar-refractivity contribution in [3.8, 4) is 0 Å². The lowest BCUT2D eigenvalue weighted by Crippen LogP contribution is -2.11. The van der Waals surface area contributed by atoms with Crippen LogP contribution in [-0.4, -0.2) is 14.5 Å². The Balaban J connectivity index is 2.22. The lowest BCUT2D eigenvalue weighted by Gasteiger charge is -2.18. The molecule has 3 nitrogen and oxygen atoms in total. The van der Waals surface area contributed by atoms with Crippen LogP contribution in [0.25, 0.3) is 11.0 Å². The first-order valence-corrected chi connectivity index (χ1v) is 8.31. The van der Waals surface area contributed by atoms with Crippen molar-refractivity contribution >= 4 is 45.2 Å². The van der Waals surface area contributed by atoms with Gasteiger partial charge in [-0.1, -0.05) is 6.07 Å². The summed E-state index contributed by atoms with van der Waals surface area (Å²) in [5, 5.41) is -0.144. The van der Waals surface area contributed by atoms with Crippen molar-refractivity contribution in [2.24, 2.45) is 0 Å². The summed E-state index contributed by atoms with van der Waals surface area (Å²) >= 11 is 8.65. The van der Waals surface area contributed by atoms with Gasteiger partial charge in [0.2, 0.25) is 0 Å². The SMILES string of the molecule is CC(Cl)c1nc2cc(I)ccc2n1C(C)c1cccnc1. The average molecular weight is 412 g/mol. The molecule has 0 spiro atoms. The van der Waals surface area contributed by atoms with Crippen LogP contribution in [0.5, 0.6) is 0 Å². The van der Waals surface area contributed by atoms with Gasteiger partial charge < -0.3 is 4.57 Å². The van der Waals surface area contributed by atoms with Gasteiger partial charge >= 0.3 is 0 Å². The smallest absolute Gasteiger partial charge is 0.128 e. The van der Waals surface area contributed by atoms with Crippen molar-refractivity contribution in [3.63, 3.8) is 0 Å². The van der Waals surface area contributed by atoms with Crippen molar-refractivity contribution in [2.45, 2.75) is 25.3 Å². The van der Waals surface area contributed by atoms with Crippen LogP contribution < -0.4 is 0 Å². The van der Waals surface area contributed by atoms with Crippen LogP contribution >= 0.6 is 34.2 Å². The van der Waals surface area contributed by atoms with Crippen LogP contribution in [0.3, 0.4) is 0 Å². The predicted molar refractivity (Wildman–Crippen MR) is 94.8 cm³/mol.